The fraction of sp³-hybridized carbons (Fsp3) is 0.368. The van der Waals surface area contributed by atoms with Gasteiger partial charge in [0.1, 0.15) is 47.0 Å². The van der Waals surface area contributed by atoms with Crippen molar-refractivity contribution in [2.75, 3.05) is 6.61 Å². The van der Waals surface area contributed by atoms with E-state index >= 15 is 0 Å². The van der Waals surface area contributed by atoms with Crippen molar-refractivity contribution in [1.29, 1.82) is 0 Å². The van der Waals surface area contributed by atoms with Gasteiger partial charge in [0.15, 0.2) is 0 Å². The van der Waals surface area contributed by atoms with Crippen LogP contribution in [0.25, 0.3) is 21.5 Å². The Hall–Kier alpha value is -2.34. The average Bonchev–Trinajstić information content (AvgIpc) is 3.14. The number of hydrogen-bond donors (Lipinski definition) is 4. The molecule has 0 unspecified atom stereocenters. The van der Waals surface area contributed by atoms with E-state index in [2.05, 4.69) is 4.98 Å². The number of fused-ring (bicyclic) bond motifs is 1. The predicted octanol–water partition coefficient (Wildman–Crippen LogP) is 0.404. The fourth-order valence-electron chi connectivity index (χ4n) is 3.11. The molecule has 10 heteroatoms. The van der Waals surface area contributed by atoms with Crippen LogP contribution in [-0.4, -0.2) is 62.7 Å². The summed E-state index contributed by atoms with van der Waals surface area (Å²) < 4.78 is 16.5. The Bertz CT molecular complexity index is 1080. The molecule has 2 aromatic heterocycles. The molecule has 3 aromatic rings. The van der Waals surface area contributed by atoms with Gasteiger partial charge in [-0.15, -0.1) is 11.3 Å². The van der Waals surface area contributed by atoms with Crippen molar-refractivity contribution < 1.29 is 34.3 Å². The number of aromatic nitrogens is 1. The Morgan fingerprint density at radius 2 is 2.00 bits per heavy atom. The van der Waals surface area contributed by atoms with Crippen LogP contribution in [0.4, 0.5) is 0 Å². The van der Waals surface area contributed by atoms with Crippen molar-refractivity contribution >= 4 is 22.3 Å². The topological polar surface area (TPSA) is 142 Å². The van der Waals surface area contributed by atoms with Crippen LogP contribution in [0, 0.1) is 6.92 Å². The molecule has 1 fully saturated rings. The van der Waals surface area contributed by atoms with Crippen molar-refractivity contribution in [3.8, 4) is 16.3 Å². The molecule has 3 heterocycles. The monoisotopic (exact) mass is 421 g/mol. The summed E-state index contributed by atoms with van der Waals surface area (Å²) >= 11 is 1.35. The first kappa shape index (κ1) is 20.0. The van der Waals surface area contributed by atoms with Gasteiger partial charge in [0.25, 0.3) is 0 Å². The summed E-state index contributed by atoms with van der Waals surface area (Å²) in [5, 5.41) is 41.8. The van der Waals surface area contributed by atoms with E-state index in [1.165, 1.54) is 35.8 Å². The lowest BCUT2D eigenvalue weighted by Gasteiger charge is -2.39. The maximum Gasteiger partial charge on any atom is 0.229 e. The first-order chi connectivity index (χ1) is 13.9. The van der Waals surface area contributed by atoms with Crippen LogP contribution in [0.1, 0.15) is 5.69 Å². The van der Waals surface area contributed by atoms with E-state index in [-0.39, 0.29) is 16.8 Å². The number of aliphatic hydroxyl groups is 4. The zero-order valence-corrected chi connectivity index (χ0v) is 16.1. The molecule has 9 nitrogen and oxygen atoms in total. The molecule has 154 valence electrons. The largest absolute Gasteiger partial charge is 0.463 e. The molecule has 1 saturated heterocycles. The number of nitrogens with zero attached hydrogens (tertiary/aromatic N) is 1. The second-order valence-corrected chi connectivity index (χ2v) is 7.60. The minimum absolute atomic E-state index is 0.211. The number of rotatable bonds is 4. The number of benzene rings is 1. The highest BCUT2D eigenvalue weighted by Gasteiger charge is 2.44. The minimum Gasteiger partial charge on any atom is -0.463 e. The van der Waals surface area contributed by atoms with Gasteiger partial charge in [0.05, 0.1) is 17.6 Å². The van der Waals surface area contributed by atoms with Crippen molar-refractivity contribution in [1.82, 2.24) is 4.98 Å². The quantitative estimate of drug-likeness (QED) is 0.471. The van der Waals surface area contributed by atoms with Crippen LogP contribution in [-0.2, 0) is 4.74 Å². The number of ether oxygens (including phenoxy) is 2. The van der Waals surface area contributed by atoms with Crippen LogP contribution in [0.3, 0.4) is 0 Å². The van der Waals surface area contributed by atoms with E-state index in [1.54, 1.807) is 0 Å². The van der Waals surface area contributed by atoms with E-state index in [1.807, 2.05) is 12.3 Å². The van der Waals surface area contributed by atoms with Gasteiger partial charge >= 0.3 is 0 Å². The molecule has 0 radical (unpaired) electrons. The molecule has 4 rings (SSSR count). The van der Waals surface area contributed by atoms with E-state index in [0.717, 1.165) is 5.69 Å². The van der Waals surface area contributed by atoms with Crippen LogP contribution in [0.5, 0.6) is 5.75 Å². The lowest BCUT2D eigenvalue weighted by atomic mass is 9.99. The van der Waals surface area contributed by atoms with Crippen LogP contribution in [0.15, 0.2) is 39.1 Å². The highest BCUT2D eigenvalue weighted by molar-refractivity contribution is 7.13. The van der Waals surface area contributed by atoms with E-state index < -0.39 is 37.3 Å². The Morgan fingerprint density at radius 3 is 2.69 bits per heavy atom. The molecular weight excluding hydrogens is 402 g/mol. The maximum absolute atomic E-state index is 12.8. The third kappa shape index (κ3) is 3.66. The molecule has 0 aliphatic carbocycles. The van der Waals surface area contributed by atoms with Crippen molar-refractivity contribution in [3.05, 3.63) is 45.8 Å². The zero-order chi connectivity index (χ0) is 20.7. The third-order valence-corrected chi connectivity index (χ3v) is 5.69. The number of hydrogen-bond acceptors (Lipinski definition) is 10. The minimum atomic E-state index is -1.55. The zero-order valence-electron chi connectivity index (χ0n) is 15.3. The Labute approximate surface area is 168 Å². The molecule has 29 heavy (non-hydrogen) atoms. The average molecular weight is 421 g/mol. The SMILES string of the molecule is Cc1csc(-c2coc3cc(O[C@@H]4O[C@H](CO)[C@@H](O)[C@@H](O)[C@H]4O)ccc3c2=O)n1. The van der Waals surface area contributed by atoms with Gasteiger partial charge in [0.2, 0.25) is 11.7 Å². The molecule has 1 aliphatic heterocycles. The second kappa shape index (κ2) is 7.82. The molecule has 1 aromatic carbocycles. The maximum atomic E-state index is 12.8. The molecule has 5 atom stereocenters. The third-order valence-electron chi connectivity index (χ3n) is 4.70. The summed E-state index contributed by atoms with van der Waals surface area (Å²) in [5.41, 5.74) is 1.19. The van der Waals surface area contributed by atoms with Crippen molar-refractivity contribution in [3.63, 3.8) is 0 Å². The molecule has 0 spiro atoms. The van der Waals surface area contributed by atoms with E-state index in [4.69, 9.17) is 13.9 Å². The number of thiazole rings is 1. The van der Waals surface area contributed by atoms with Gasteiger partial charge in [-0.1, -0.05) is 0 Å². The van der Waals surface area contributed by atoms with Gasteiger partial charge < -0.3 is 34.3 Å². The van der Waals surface area contributed by atoms with E-state index in [9.17, 15) is 25.2 Å². The summed E-state index contributed by atoms with van der Waals surface area (Å²) in [6, 6.07) is 4.47. The van der Waals surface area contributed by atoms with Gasteiger partial charge in [-0.2, -0.15) is 0 Å². The standard InChI is InChI=1S/C19H19NO8S/c1-8-7-29-18(20-8)11-6-26-12-4-9(2-3-10(12)14(11)22)27-19-17(25)16(24)15(23)13(5-21)28-19/h2-4,6-7,13,15-17,19,21,23-25H,5H2,1H3/t13-,15-,16-,17-,19-/m1/s1. The first-order valence-corrected chi connectivity index (χ1v) is 9.72. The van der Waals surface area contributed by atoms with Gasteiger partial charge in [0, 0.05) is 17.1 Å². The molecule has 1 aliphatic rings. The van der Waals surface area contributed by atoms with Crippen LogP contribution >= 0.6 is 11.3 Å². The lowest BCUT2D eigenvalue weighted by Crippen LogP contribution is -2.60. The summed E-state index contributed by atoms with van der Waals surface area (Å²) in [5.74, 6) is 0.211. The number of aliphatic hydroxyl groups excluding tert-OH is 4. The predicted molar refractivity (Wildman–Crippen MR) is 103 cm³/mol. The van der Waals surface area contributed by atoms with E-state index in [0.29, 0.717) is 16.0 Å². The molecule has 4 N–H and O–H groups in total. The Kier molecular flexibility index (Phi) is 5.38. The highest BCUT2D eigenvalue weighted by atomic mass is 32.1. The van der Waals surface area contributed by atoms with Gasteiger partial charge in [-0.3, -0.25) is 4.79 Å². The summed E-state index contributed by atoms with van der Waals surface area (Å²) in [6.45, 7) is 1.28. The summed E-state index contributed by atoms with van der Waals surface area (Å²) in [6.07, 6.45) is -5.63. The second-order valence-electron chi connectivity index (χ2n) is 6.75. The fourth-order valence-corrected chi connectivity index (χ4v) is 3.91. The first-order valence-electron chi connectivity index (χ1n) is 8.84. The summed E-state index contributed by atoms with van der Waals surface area (Å²) in [4.78, 5) is 17.1. The molecular formula is C19H19NO8S. The van der Waals surface area contributed by atoms with Crippen molar-refractivity contribution in [2.45, 2.75) is 37.6 Å². The molecule has 0 amide bonds. The molecule has 0 saturated carbocycles. The summed E-state index contributed by atoms with van der Waals surface area (Å²) in [7, 11) is 0. The lowest BCUT2D eigenvalue weighted by molar-refractivity contribution is -0.277. The van der Waals surface area contributed by atoms with Gasteiger partial charge in [-0.25, -0.2) is 4.98 Å². The normalized spacial score (nSPS) is 27.3. The Balaban J connectivity index is 1.62. The highest BCUT2D eigenvalue weighted by Crippen LogP contribution is 2.28. The van der Waals surface area contributed by atoms with Crippen LogP contribution in [0.2, 0.25) is 0 Å². The van der Waals surface area contributed by atoms with Crippen molar-refractivity contribution in [2.24, 2.45) is 0 Å². The van der Waals surface area contributed by atoms with Crippen LogP contribution < -0.4 is 10.2 Å². The smallest absolute Gasteiger partial charge is 0.229 e. The molecule has 0 bridgehead atoms. The van der Waals surface area contributed by atoms with Gasteiger partial charge in [-0.05, 0) is 19.1 Å². The number of aryl methyl sites for hydroxylation is 1. The Morgan fingerprint density at radius 1 is 1.21 bits per heavy atom.